The van der Waals surface area contributed by atoms with Crippen LogP contribution < -0.4 is 5.32 Å². The van der Waals surface area contributed by atoms with E-state index in [1.807, 2.05) is 13.2 Å². The van der Waals surface area contributed by atoms with Crippen molar-refractivity contribution in [3.8, 4) is 0 Å². The molecule has 0 rings (SSSR count). The van der Waals surface area contributed by atoms with Gasteiger partial charge in [-0.3, -0.25) is 0 Å². The molecule has 0 saturated heterocycles. The summed E-state index contributed by atoms with van der Waals surface area (Å²) in [6.45, 7) is 4.39. The third-order valence-electron chi connectivity index (χ3n) is 1.24. The van der Waals surface area contributed by atoms with Gasteiger partial charge in [-0.25, -0.2) is 0 Å². The van der Waals surface area contributed by atoms with Gasteiger partial charge >= 0.3 is 0 Å². The van der Waals surface area contributed by atoms with E-state index >= 15 is 0 Å². The van der Waals surface area contributed by atoms with Gasteiger partial charge in [-0.15, -0.1) is 0 Å². The molecule has 1 unspecified atom stereocenters. The van der Waals surface area contributed by atoms with Crippen molar-refractivity contribution < 1.29 is 0 Å². The molecule has 0 aromatic heterocycles. The van der Waals surface area contributed by atoms with Crippen LogP contribution in [0.5, 0.6) is 0 Å². The average Bonchev–Trinajstić information content (AvgIpc) is 1.83. The molecule has 0 amide bonds. The van der Waals surface area contributed by atoms with Crippen molar-refractivity contribution >= 4 is 0 Å². The predicted molar refractivity (Wildman–Crippen MR) is 37.7 cm³/mol. The number of nitrogens with one attached hydrogen (secondary N) is 1. The zero-order chi connectivity index (χ0) is 6.41. The molecule has 1 nitrogen and oxygen atoms in total. The molecule has 0 saturated carbocycles. The fraction of sp³-hybridized carbons (Fsp3) is 0.714. The average molecular weight is 113 g/mol. The number of rotatable bonds is 3. The molecule has 1 atom stereocenters. The highest BCUT2D eigenvalue weighted by atomic mass is 14.8. The minimum Gasteiger partial charge on any atom is -0.394 e. The normalized spacial score (nSPS) is 14.4. The molecule has 0 spiro atoms. The van der Waals surface area contributed by atoms with Crippen LogP contribution in [-0.2, 0) is 0 Å². The zero-order valence-electron chi connectivity index (χ0n) is 5.94. The van der Waals surface area contributed by atoms with Crippen molar-refractivity contribution in [3.05, 3.63) is 12.3 Å². The molecule has 0 fully saturated rings. The molecular formula is C7H15N. The summed E-state index contributed by atoms with van der Waals surface area (Å²) in [6.07, 6.45) is 5.37. The van der Waals surface area contributed by atoms with Crippen LogP contribution in [0, 0.1) is 5.92 Å². The summed E-state index contributed by atoms with van der Waals surface area (Å²) in [5.74, 6) is 0.711. The van der Waals surface area contributed by atoms with Crippen LogP contribution in [0.25, 0.3) is 0 Å². The molecule has 1 heteroatoms. The molecule has 0 aromatic carbocycles. The summed E-state index contributed by atoms with van der Waals surface area (Å²) < 4.78 is 0. The summed E-state index contributed by atoms with van der Waals surface area (Å²) in [5.41, 5.74) is 0. The molecule has 0 radical (unpaired) electrons. The van der Waals surface area contributed by atoms with Crippen molar-refractivity contribution in [1.82, 2.24) is 5.32 Å². The Kier molecular flexibility index (Phi) is 4.42. The number of allylic oxidation sites excluding steroid dienone is 1. The quantitative estimate of drug-likeness (QED) is 0.588. The second-order valence-corrected chi connectivity index (χ2v) is 2.03. The lowest BCUT2D eigenvalue weighted by molar-refractivity contribution is 0.694. The van der Waals surface area contributed by atoms with Crippen LogP contribution in [0.4, 0.5) is 0 Å². The van der Waals surface area contributed by atoms with Gasteiger partial charge in [-0.05, 0) is 12.1 Å². The fourth-order valence-corrected chi connectivity index (χ4v) is 0.397. The van der Waals surface area contributed by atoms with Crippen LogP contribution in [0.2, 0.25) is 0 Å². The third kappa shape index (κ3) is 3.72. The van der Waals surface area contributed by atoms with E-state index in [4.69, 9.17) is 0 Å². The Balaban J connectivity index is 3.21. The van der Waals surface area contributed by atoms with Crippen LogP contribution in [-0.4, -0.2) is 7.05 Å². The lowest BCUT2D eigenvalue weighted by Gasteiger charge is -1.97. The summed E-state index contributed by atoms with van der Waals surface area (Å²) in [5, 5.41) is 2.95. The van der Waals surface area contributed by atoms with Gasteiger partial charge in [-0.1, -0.05) is 26.3 Å². The van der Waals surface area contributed by atoms with E-state index in [0.717, 1.165) is 0 Å². The van der Waals surface area contributed by atoms with Gasteiger partial charge in [0.1, 0.15) is 0 Å². The van der Waals surface area contributed by atoms with E-state index in [1.165, 1.54) is 6.42 Å². The summed E-state index contributed by atoms with van der Waals surface area (Å²) in [4.78, 5) is 0. The van der Waals surface area contributed by atoms with Crippen LogP contribution in [0.15, 0.2) is 12.3 Å². The van der Waals surface area contributed by atoms with Gasteiger partial charge in [0, 0.05) is 7.05 Å². The SMILES string of the molecule is CCC(C)/C=C\NC. The Morgan fingerprint density at radius 1 is 1.62 bits per heavy atom. The topological polar surface area (TPSA) is 12.0 Å². The van der Waals surface area contributed by atoms with Gasteiger partial charge in [0.2, 0.25) is 0 Å². The van der Waals surface area contributed by atoms with Gasteiger partial charge in [0.25, 0.3) is 0 Å². The standard InChI is InChI=1S/C7H15N/c1-4-7(2)5-6-8-3/h5-8H,4H2,1-3H3/b6-5-. The van der Waals surface area contributed by atoms with E-state index in [1.54, 1.807) is 0 Å². The summed E-state index contributed by atoms with van der Waals surface area (Å²) >= 11 is 0. The molecular weight excluding hydrogens is 98.1 g/mol. The fourth-order valence-electron chi connectivity index (χ4n) is 0.397. The van der Waals surface area contributed by atoms with Crippen LogP contribution in [0.3, 0.4) is 0 Å². The highest BCUT2D eigenvalue weighted by molar-refractivity contribution is 4.82. The predicted octanol–water partition coefficient (Wildman–Crippen LogP) is 1.77. The van der Waals surface area contributed by atoms with Gasteiger partial charge < -0.3 is 5.32 Å². The molecule has 0 aliphatic carbocycles. The molecule has 1 N–H and O–H groups in total. The Bertz CT molecular complexity index is 66.8. The molecule has 48 valence electrons. The zero-order valence-corrected chi connectivity index (χ0v) is 5.94. The van der Waals surface area contributed by atoms with Crippen LogP contribution in [0.1, 0.15) is 20.3 Å². The summed E-state index contributed by atoms with van der Waals surface area (Å²) in [7, 11) is 1.92. The minimum atomic E-state index is 0.711. The first kappa shape index (κ1) is 7.54. The molecule has 0 heterocycles. The first-order valence-electron chi connectivity index (χ1n) is 3.15. The van der Waals surface area contributed by atoms with E-state index in [-0.39, 0.29) is 0 Å². The van der Waals surface area contributed by atoms with Crippen molar-refractivity contribution in [1.29, 1.82) is 0 Å². The molecule has 0 aromatic rings. The lowest BCUT2D eigenvalue weighted by Crippen LogP contribution is -1.94. The lowest BCUT2D eigenvalue weighted by atomic mass is 10.1. The first-order valence-corrected chi connectivity index (χ1v) is 3.15. The summed E-state index contributed by atoms with van der Waals surface area (Å²) in [6, 6.07) is 0. The van der Waals surface area contributed by atoms with E-state index in [2.05, 4.69) is 25.2 Å². The molecule has 0 aliphatic heterocycles. The van der Waals surface area contributed by atoms with Crippen molar-refractivity contribution in [2.24, 2.45) is 5.92 Å². The Morgan fingerprint density at radius 3 is 2.62 bits per heavy atom. The highest BCUT2D eigenvalue weighted by Gasteiger charge is 1.87. The maximum absolute atomic E-state index is 2.95. The van der Waals surface area contributed by atoms with Gasteiger partial charge in [0.15, 0.2) is 0 Å². The van der Waals surface area contributed by atoms with Crippen LogP contribution >= 0.6 is 0 Å². The molecule has 8 heavy (non-hydrogen) atoms. The highest BCUT2D eigenvalue weighted by Crippen LogP contribution is 1.99. The second kappa shape index (κ2) is 4.69. The molecule has 0 bridgehead atoms. The van der Waals surface area contributed by atoms with Crippen molar-refractivity contribution in [2.75, 3.05) is 7.05 Å². The van der Waals surface area contributed by atoms with Crippen molar-refractivity contribution in [3.63, 3.8) is 0 Å². The Morgan fingerprint density at radius 2 is 2.25 bits per heavy atom. The largest absolute Gasteiger partial charge is 0.394 e. The monoisotopic (exact) mass is 113 g/mol. The van der Waals surface area contributed by atoms with Crippen molar-refractivity contribution in [2.45, 2.75) is 20.3 Å². The van der Waals surface area contributed by atoms with E-state index in [9.17, 15) is 0 Å². The first-order chi connectivity index (χ1) is 3.81. The van der Waals surface area contributed by atoms with Gasteiger partial charge in [-0.2, -0.15) is 0 Å². The maximum atomic E-state index is 2.95. The number of hydrogen-bond acceptors (Lipinski definition) is 1. The second-order valence-electron chi connectivity index (χ2n) is 2.03. The third-order valence-corrected chi connectivity index (χ3v) is 1.24. The minimum absolute atomic E-state index is 0.711. The number of hydrogen-bond donors (Lipinski definition) is 1. The van der Waals surface area contributed by atoms with Gasteiger partial charge in [0.05, 0.1) is 0 Å². The maximum Gasteiger partial charge on any atom is 0.00276 e. The smallest absolute Gasteiger partial charge is 0.00276 e. The Hall–Kier alpha value is -0.460. The van der Waals surface area contributed by atoms with E-state index in [0.29, 0.717) is 5.92 Å². The molecule has 0 aliphatic rings. The van der Waals surface area contributed by atoms with E-state index < -0.39 is 0 Å². The Labute approximate surface area is 51.8 Å².